The number of carbonyl (C=O) groups is 1. The van der Waals surface area contributed by atoms with E-state index in [9.17, 15) is 9.18 Å². The molecule has 0 radical (unpaired) electrons. The van der Waals surface area contributed by atoms with Crippen LogP contribution in [0.2, 0.25) is 0 Å². The molecule has 1 fully saturated rings. The topological polar surface area (TPSA) is 32.3 Å². The molecule has 1 aliphatic rings. The lowest BCUT2D eigenvalue weighted by Gasteiger charge is -2.38. The summed E-state index contributed by atoms with van der Waals surface area (Å²) in [6.45, 7) is 5.54. The van der Waals surface area contributed by atoms with Crippen molar-refractivity contribution < 1.29 is 9.18 Å². The molecule has 0 spiro atoms. The second-order valence-electron chi connectivity index (χ2n) is 4.61. The van der Waals surface area contributed by atoms with E-state index < -0.39 is 0 Å². The molecule has 0 aliphatic carbocycles. The molecule has 1 aromatic carbocycles. The largest absolute Gasteiger partial charge is 0.333 e. The van der Waals surface area contributed by atoms with Crippen LogP contribution in [-0.4, -0.2) is 36.0 Å². The molecular formula is C13H16BrFN2O. The summed E-state index contributed by atoms with van der Waals surface area (Å²) >= 11 is 3.25. The molecule has 5 heteroatoms. The van der Waals surface area contributed by atoms with E-state index in [4.69, 9.17) is 0 Å². The molecule has 2 rings (SSSR count). The van der Waals surface area contributed by atoms with Gasteiger partial charge >= 0.3 is 0 Å². The summed E-state index contributed by atoms with van der Waals surface area (Å²) < 4.78 is 13.5. The maximum Gasteiger partial charge on any atom is 0.255 e. The van der Waals surface area contributed by atoms with Crippen LogP contribution in [0.1, 0.15) is 24.2 Å². The number of rotatable bonds is 1. The zero-order chi connectivity index (χ0) is 13.3. The fourth-order valence-electron chi connectivity index (χ4n) is 2.16. The van der Waals surface area contributed by atoms with Crippen LogP contribution in [0.4, 0.5) is 4.39 Å². The molecule has 1 N–H and O–H groups in total. The number of amides is 1. The molecule has 1 amide bonds. The molecule has 2 atom stereocenters. The van der Waals surface area contributed by atoms with Crippen LogP contribution in [-0.2, 0) is 0 Å². The Morgan fingerprint density at radius 1 is 1.50 bits per heavy atom. The van der Waals surface area contributed by atoms with E-state index in [-0.39, 0.29) is 23.8 Å². The van der Waals surface area contributed by atoms with Crippen LogP contribution >= 0.6 is 15.9 Å². The Labute approximate surface area is 114 Å². The molecule has 1 aliphatic heterocycles. The summed E-state index contributed by atoms with van der Waals surface area (Å²) in [5, 5.41) is 3.33. The van der Waals surface area contributed by atoms with E-state index in [1.165, 1.54) is 18.2 Å². The Morgan fingerprint density at radius 2 is 2.22 bits per heavy atom. The van der Waals surface area contributed by atoms with Gasteiger partial charge in [-0.2, -0.15) is 0 Å². The van der Waals surface area contributed by atoms with E-state index in [0.29, 0.717) is 16.6 Å². The van der Waals surface area contributed by atoms with Gasteiger partial charge in [-0.25, -0.2) is 4.39 Å². The van der Waals surface area contributed by atoms with Crippen LogP contribution in [0, 0.1) is 5.82 Å². The van der Waals surface area contributed by atoms with Gasteiger partial charge in [-0.1, -0.05) is 0 Å². The number of hydrogen-bond acceptors (Lipinski definition) is 2. The Morgan fingerprint density at radius 3 is 2.89 bits per heavy atom. The van der Waals surface area contributed by atoms with Gasteiger partial charge in [0, 0.05) is 29.6 Å². The fraction of sp³-hybridized carbons (Fsp3) is 0.462. The van der Waals surface area contributed by atoms with Crippen molar-refractivity contribution in [1.29, 1.82) is 0 Å². The van der Waals surface area contributed by atoms with Gasteiger partial charge in [-0.05, 0) is 48.0 Å². The maximum atomic E-state index is 13.0. The highest BCUT2D eigenvalue weighted by Crippen LogP contribution is 2.22. The number of halogens is 2. The van der Waals surface area contributed by atoms with Gasteiger partial charge in [-0.15, -0.1) is 0 Å². The molecule has 98 valence electrons. The van der Waals surface area contributed by atoms with E-state index >= 15 is 0 Å². The molecule has 0 saturated carbocycles. The first-order chi connectivity index (χ1) is 8.50. The van der Waals surface area contributed by atoms with Crippen molar-refractivity contribution in [2.24, 2.45) is 0 Å². The quantitative estimate of drug-likeness (QED) is 0.863. The van der Waals surface area contributed by atoms with E-state index in [2.05, 4.69) is 28.2 Å². The highest BCUT2D eigenvalue weighted by Gasteiger charge is 2.29. The molecule has 1 aromatic rings. The molecule has 18 heavy (non-hydrogen) atoms. The summed E-state index contributed by atoms with van der Waals surface area (Å²) in [7, 11) is 0. The number of nitrogens with zero attached hydrogens (tertiary/aromatic N) is 1. The van der Waals surface area contributed by atoms with Crippen LogP contribution < -0.4 is 5.32 Å². The summed E-state index contributed by atoms with van der Waals surface area (Å²) in [6, 6.07) is 4.56. The lowest BCUT2D eigenvalue weighted by atomic mass is 10.1. The molecule has 1 heterocycles. The van der Waals surface area contributed by atoms with Crippen LogP contribution in [0.15, 0.2) is 22.7 Å². The van der Waals surface area contributed by atoms with E-state index in [1.807, 2.05) is 11.8 Å². The van der Waals surface area contributed by atoms with Gasteiger partial charge in [0.2, 0.25) is 0 Å². The van der Waals surface area contributed by atoms with Gasteiger partial charge in [0.1, 0.15) is 5.82 Å². The first kappa shape index (κ1) is 13.5. The summed E-state index contributed by atoms with van der Waals surface area (Å²) in [5.41, 5.74) is 0.511. The Bertz CT molecular complexity index is 466. The number of piperazine rings is 1. The lowest BCUT2D eigenvalue weighted by Crippen LogP contribution is -2.57. The van der Waals surface area contributed by atoms with Crippen LogP contribution in [0.3, 0.4) is 0 Å². The number of benzene rings is 1. The molecule has 2 unspecified atom stereocenters. The van der Waals surface area contributed by atoms with Crippen LogP contribution in [0.25, 0.3) is 0 Å². The number of nitrogens with one attached hydrogen (secondary N) is 1. The first-order valence-corrected chi connectivity index (χ1v) is 6.79. The van der Waals surface area contributed by atoms with Crippen LogP contribution in [0.5, 0.6) is 0 Å². The zero-order valence-corrected chi connectivity index (χ0v) is 12.0. The minimum Gasteiger partial charge on any atom is -0.333 e. The second-order valence-corrected chi connectivity index (χ2v) is 5.46. The minimum atomic E-state index is -0.347. The van der Waals surface area contributed by atoms with Crippen molar-refractivity contribution in [3.05, 3.63) is 34.1 Å². The zero-order valence-electron chi connectivity index (χ0n) is 10.4. The molecular weight excluding hydrogens is 299 g/mol. The summed E-state index contributed by atoms with van der Waals surface area (Å²) in [5.74, 6) is -0.400. The SMILES string of the molecule is CC1NCCN(C(=O)c2ccc(F)cc2Br)C1C. The van der Waals surface area contributed by atoms with Crippen molar-refractivity contribution >= 4 is 21.8 Å². The third-order valence-electron chi connectivity index (χ3n) is 3.46. The van der Waals surface area contributed by atoms with Crippen molar-refractivity contribution in [2.75, 3.05) is 13.1 Å². The first-order valence-electron chi connectivity index (χ1n) is 6.00. The minimum absolute atomic E-state index is 0.0530. The van der Waals surface area contributed by atoms with E-state index in [0.717, 1.165) is 6.54 Å². The van der Waals surface area contributed by atoms with Crippen molar-refractivity contribution in [2.45, 2.75) is 25.9 Å². The van der Waals surface area contributed by atoms with Gasteiger partial charge in [0.25, 0.3) is 5.91 Å². The third-order valence-corrected chi connectivity index (χ3v) is 4.11. The van der Waals surface area contributed by atoms with Gasteiger partial charge < -0.3 is 10.2 Å². The lowest BCUT2D eigenvalue weighted by molar-refractivity contribution is 0.0602. The van der Waals surface area contributed by atoms with Crippen molar-refractivity contribution in [3.8, 4) is 0 Å². The monoisotopic (exact) mass is 314 g/mol. The Kier molecular flexibility index (Phi) is 4.02. The highest BCUT2D eigenvalue weighted by molar-refractivity contribution is 9.10. The molecule has 3 nitrogen and oxygen atoms in total. The Balaban J connectivity index is 2.25. The summed E-state index contributed by atoms with van der Waals surface area (Å²) in [4.78, 5) is 14.3. The second kappa shape index (κ2) is 5.36. The molecule has 1 saturated heterocycles. The number of hydrogen-bond donors (Lipinski definition) is 1. The number of carbonyl (C=O) groups excluding carboxylic acids is 1. The van der Waals surface area contributed by atoms with Gasteiger partial charge in [0.15, 0.2) is 0 Å². The third kappa shape index (κ3) is 2.57. The van der Waals surface area contributed by atoms with Gasteiger partial charge in [-0.3, -0.25) is 4.79 Å². The van der Waals surface area contributed by atoms with E-state index in [1.54, 1.807) is 0 Å². The fourth-order valence-corrected chi connectivity index (χ4v) is 2.68. The van der Waals surface area contributed by atoms with Gasteiger partial charge in [0.05, 0.1) is 5.56 Å². The van der Waals surface area contributed by atoms with Crippen molar-refractivity contribution in [3.63, 3.8) is 0 Å². The predicted molar refractivity (Wildman–Crippen MR) is 72.1 cm³/mol. The molecule has 0 aromatic heterocycles. The predicted octanol–water partition coefficient (Wildman–Crippen LogP) is 2.41. The Hall–Kier alpha value is -0.940. The average Bonchev–Trinajstić information content (AvgIpc) is 2.32. The standard InChI is InChI=1S/C13H16BrFN2O/c1-8-9(2)17(6-5-16-8)13(18)11-4-3-10(15)7-12(11)14/h3-4,7-9,16H,5-6H2,1-2H3. The normalized spacial score (nSPS) is 24.1. The maximum absolute atomic E-state index is 13.0. The smallest absolute Gasteiger partial charge is 0.255 e. The molecule has 0 bridgehead atoms. The highest BCUT2D eigenvalue weighted by atomic mass is 79.9. The summed E-state index contributed by atoms with van der Waals surface area (Å²) in [6.07, 6.45) is 0. The average molecular weight is 315 g/mol. The van der Waals surface area contributed by atoms with Crippen molar-refractivity contribution in [1.82, 2.24) is 10.2 Å².